The zero-order valence-corrected chi connectivity index (χ0v) is 16.9. The lowest BCUT2D eigenvalue weighted by Crippen LogP contribution is -2.02. The third-order valence-corrected chi connectivity index (χ3v) is 5.33. The Labute approximate surface area is 157 Å². The van der Waals surface area contributed by atoms with Crippen molar-refractivity contribution in [2.45, 2.75) is 34.1 Å². The van der Waals surface area contributed by atoms with E-state index in [4.69, 9.17) is 0 Å². The largest absolute Gasteiger partial charge is 0.388 e. The van der Waals surface area contributed by atoms with Gasteiger partial charge in [-0.1, -0.05) is 61.9 Å². The average Bonchev–Trinajstić information content (AvgIpc) is 2.61. The van der Waals surface area contributed by atoms with Gasteiger partial charge in [0.2, 0.25) is 0 Å². The normalized spacial score (nSPS) is 11.9. The lowest BCUT2D eigenvalue weighted by molar-refractivity contribution is 1.12. The molecule has 0 atom stereocenters. The first kappa shape index (κ1) is 19.4. The van der Waals surface area contributed by atoms with Crippen LogP contribution < -0.4 is 5.32 Å². The molecule has 132 valence electrons. The van der Waals surface area contributed by atoms with Gasteiger partial charge >= 0.3 is 0 Å². The summed E-state index contributed by atoms with van der Waals surface area (Å²) < 4.78 is 0. The van der Waals surface area contributed by atoms with Crippen LogP contribution in [0.2, 0.25) is 0 Å². The van der Waals surface area contributed by atoms with Crippen molar-refractivity contribution >= 4 is 23.0 Å². The van der Waals surface area contributed by atoms with E-state index in [1.165, 1.54) is 38.3 Å². The lowest BCUT2D eigenvalue weighted by atomic mass is 9.89. The molecule has 0 fully saturated rings. The van der Waals surface area contributed by atoms with Gasteiger partial charge in [-0.2, -0.15) is 0 Å². The highest BCUT2D eigenvalue weighted by Crippen LogP contribution is 2.39. The second-order valence-electron chi connectivity index (χ2n) is 6.19. The zero-order chi connectivity index (χ0) is 18.4. The molecule has 0 aliphatic heterocycles. The summed E-state index contributed by atoms with van der Waals surface area (Å²) in [4.78, 5) is 1.24. The SMILES string of the molecule is C=C/C(SCC)=C(/c1cc(C)ccc1CC)c1cc(C)ccc1NC. The van der Waals surface area contributed by atoms with Crippen LogP contribution in [0.25, 0.3) is 5.57 Å². The molecule has 2 aromatic rings. The maximum absolute atomic E-state index is 4.11. The molecular formula is C23H29NS. The van der Waals surface area contributed by atoms with Crippen LogP contribution in [0.3, 0.4) is 0 Å². The fourth-order valence-electron chi connectivity index (χ4n) is 3.11. The average molecular weight is 352 g/mol. The molecule has 0 amide bonds. The number of benzene rings is 2. The van der Waals surface area contributed by atoms with E-state index in [0.717, 1.165) is 17.9 Å². The summed E-state index contributed by atoms with van der Waals surface area (Å²) in [5.74, 6) is 1.03. The summed E-state index contributed by atoms with van der Waals surface area (Å²) in [6, 6.07) is 13.4. The van der Waals surface area contributed by atoms with Crippen molar-refractivity contribution in [2.75, 3.05) is 18.1 Å². The molecule has 2 heteroatoms. The van der Waals surface area contributed by atoms with E-state index in [-0.39, 0.29) is 0 Å². The predicted molar refractivity (Wildman–Crippen MR) is 116 cm³/mol. The lowest BCUT2D eigenvalue weighted by Gasteiger charge is -2.20. The smallest absolute Gasteiger partial charge is 0.0418 e. The second-order valence-corrected chi connectivity index (χ2v) is 7.50. The molecule has 1 N–H and O–H groups in total. The highest BCUT2D eigenvalue weighted by atomic mass is 32.2. The molecule has 0 spiro atoms. The number of hydrogen-bond acceptors (Lipinski definition) is 2. The number of aryl methyl sites for hydroxylation is 3. The van der Waals surface area contributed by atoms with Gasteiger partial charge in [0.05, 0.1) is 0 Å². The molecule has 0 heterocycles. The third kappa shape index (κ3) is 4.38. The van der Waals surface area contributed by atoms with Gasteiger partial charge in [0, 0.05) is 28.8 Å². The molecule has 1 nitrogen and oxygen atoms in total. The molecular weight excluding hydrogens is 322 g/mol. The topological polar surface area (TPSA) is 12.0 Å². The number of hydrogen-bond donors (Lipinski definition) is 1. The molecule has 0 aliphatic carbocycles. The molecule has 2 rings (SSSR count). The number of anilines is 1. The summed E-state index contributed by atoms with van der Waals surface area (Å²) in [6.07, 6.45) is 3.02. The molecule has 25 heavy (non-hydrogen) atoms. The Morgan fingerprint density at radius 3 is 2.24 bits per heavy atom. The van der Waals surface area contributed by atoms with Crippen molar-refractivity contribution in [2.24, 2.45) is 0 Å². The summed E-state index contributed by atoms with van der Waals surface area (Å²) in [6.45, 7) is 12.8. The zero-order valence-electron chi connectivity index (χ0n) is 16.1. The number of nitrogens with one attached hydrogen (secondary N) is 1. The fraction of sp³-hybridized carbons (Fsp3) is 0.304. The minimum Gasteiger partial charge on any atom is -0.388 e. The predicted octanol–water partition coefficient (Wildman–Crippen LogP) is 6.61. The monoisotopic (exact) mass is 351 g/mol. The van der Waals surface area contributed by atoms with E-state index < -0.39 is 0 Å². The van der Waals surface area contributed by atoms with Crippen molar-refractivity contribution in [1.29, 1.82) is 0 Å². The van der Waals surface area contributed by atoms with E-state index in [0.29, 0.717) is 0 Å². The van der Waals surface area contributed by atoms with Crippen LogP contribution in [-0.2, 0) is 6.42 Å². The van der Waals surface area contributed by atoms with Gasteiger partial charge in [0.1, 0.15) is 0 Å². The summed E-state index contributed by atoms with van der Waals surface area (Å²) >= 11 is 1.86. The minimum atomic E-state index is 1.01. The third-order valence-electron chi connectivity index (χ3n) is 4.36. The van der Waals surface area contributed by atoms with Crippen molar-refractivity contribution in [3.05, 3.63) is 81.8 Å². The van der Waals surface area contributed by atoms with Crippen LogP contribution in [-0.4, -0.2) is 12.8 Å². The van der Waals surface area contributed by atoms with Gasteiger partial charge in [0.25, 0.3) is 0 Å². The maximum Gasteiger partial charge on any atom is 0.0418 e. The highest BCUT2D eigenvalue weighted by Gasteiger charge is 2.17. The Balaban J connectivity index is 2.88. The van der Waals surface area contributed by atoms with Crippen molar-refractivity contribution in [1.82, 2.24) is 0 Å². The van der Waals surface area contributed by atoms with Crippen molar-refractivity contribution in [3.63, 3.8) is 0 Å². The van der Waals surface area contributed by atoms with Crippen LogP contribution in [0, 0.1) is 13.8 Å². The Morgan fingerprint density at radius 1 is 1.04 bits per heavy atom. The summed E-state index contributed by atoms with van der Waals surface area (Å²) in [5, 5.41) is 3.37. The molecule has 0 saturated carbocycles. The molecule has 0 saturated heterocycles. The second kappa shape index (κ2) is 8.96. The van der Waals surface area contributed by atoms with Crippen molar-refractivity contribution < 1.29 is 0 Å². The fourth-order valence-corrected chi connectivity index (χ4v) is 3.91. The first-order chi connectivity index (χ1) is 12.0. The quantitative estimate of drug-likeness (QED) is 0.564. The van der Waals surface area contributed by atoms with Crippen LogP contribution in [0.15, 0.2) is 54.0 Å². The molecule has 2 aromatic carbocycles. The van der Waals surface area contributed by atoms with Gasteiger partial charge in [-0.15, -0.1) is 11.8 Å². The Bertz CT molecular complexity index is 731. The van der Waals surface area contributed by atoms with Gasteiger partial charge in [0.15, 0.2) is 0 Å². The summed E-state index contributed by atoms with van der Waals surface area (Å²) in [7, 11) is 1.99. The minimum absolute atomic E-state index is 1.01. The number of rotatable bonds is 7. The first-order valence-electron chi connectivity index (χ1n) is 8.93. The molecule has 0 bridgehead atoms. The Kier molecular flexibility index (Phi) is 6.95. The van der Waals surface area contributed by atoms with Crippen LogP contribution >= 0.6 is 11.8 Å². The van der Waals surface area contributed by atoms with Crippen LogP contribution in [0.1, 0.15) is 41.7 Å². The Hall–Kier alpha value is -1.93. The van der Waals surface area contributed by atoms with Gasteiger partial charge in [-0.25, -0.2) is 0 Å². The van der Waals surface area contributed by atoms with Crippen LogP contribution in [0.4, 0.5) is 5.69 Å². The van der Waals surface area contributed by atoms with Crippen LogP contribution in [0.5, 0.6) is 0 Å². The highest BCUT2D eigenvalue weighted by molar-refractivity contribution is 8.03. The molecule has 0 aromatic heterocycles. The molecule has 0 radical (unpaired) electrons. The van der Waals surface area contributed by atoms with Crippen molar-refractivity contribution in [3.8, 4) is 0 Å². The number of allylic oxidation sites excluding steroid dienone is 1. The molecule has 0 unspecified atom stereocenters. The van der Waals surface area contributed by atoms with E-state index in [2.05, 4.69) is 76.0 Å². The Morgan fingerprint density at radius 2 is 1.68 bits per heavy atom. The van der Waals surface area contributed by atoms with E-state index in [9.17, 15) is 0 Å². The van der Waals surface area contributed by atoms with E-state index in [1.807, 2.05) is 24.9 Å². The van der Waals surface area contributed by atoms with Gasteiger partial charge < -0.3 is 5.32 Å². The van der Waals surface area contributed by atoms with Gasteiger partial charge in [-0.3, -0.25) is 0 Å². The molecule has 0 aliphatic rings. The standard InChI is InChI=1S/C23H29NS/c1-7-18-12-10-16(4)14-19(18)23(22(8-2)25-9-3)20-15-17(5)11-13-21(20)24-6/h8,10-15,24H,2,7,9H2,1,3-6H3/b23-22+. The van der Waals surface area contributed by atoms with E-state index in [1.54, 1.807) is 0 Å². The van der Waals surface area contributed by atoms with E-state index >= 15 is 0 Å². The van der Waals surface area contributed by atoms with Gasteiger partial charge in [-0.05, 0) is 49.3 Å². The summed E-state index contributed by atoms with van der Waals surface area (Å²) in [5.41, 5.74) is 8.94. The maximum atomic E-state index is 4.11. The number of thioether (sulfide) groups is 1. The first-order valence-corrected chi connectivity index (χ1v) is 9.92.